The smallest absolute Gasteiger partial charge is 0.303 e. The third kappa shape index (κ3) is 2.43. The molecule has 0 aliphatic carbocycles. The van der Waals surface area contributed by atoms with Gasteiger partial charge < -0.3 is 10.0 Å². The van der Waals surface area contributed by atoms with E-state index in [1.165, 1.54) is 11.3 Å². The molecule has 17 heavy (non-hydrogen) atoms. The van der Waals surface area contributed by atoms with E-state index < -0.39 is 5.97 Å². The minimum Gasteiger partial charge on any atom is -0.481 e. The van der Waals surface area contributed by atoms with E-state index in [0.717, 1.165) is 18.7 Å². The first-order valence-electron chi connectivity index (χ1n) is 6.21. The third-order valence-corrected chi connectivity index (χ3v) is 3.47. The molecule has 1 unspecified atom stereocenters. The van der Waals surface area contributed by atoms with Gasteiger partial charge in [0.05, 0.1) is 0 Å². The quantitative estimate of drug-likeness (QED) is 0.869. The average Bonchev–Trinajstić information content (AvgIpc) is 2.63. The number of aryl methyl sites for hydroxylation is 1. The Morgan fingerprint density at radius 2 is 2.29 bits per heavy atom. The van der Waals surface area contributed by atoms with Gasteiger partial charge in [0.2, 0.25) is 0 Å². The van der Waals surface area contributed by atoms with Crippen LogP contribution < -0.4 is 4.90 Å². The molecule has 0 fully saturated rings. The van der Waals surface area contributed by atoms with E-state index in [0.29, 0.717) is 12.3 Å². The van der Waals surface area contributed by atoms with Gasteiger partial charge in [0, 0.05) is 31.1 Å². The zero-order valence-corrected chi connectivity index (χ0v) is 10.4. The maximum atomic E-state index is 10.6. The normalized spacial score (nSPS) is 18.2. The molecule has 3 nitrogen and oxygen atoms in total. The van der Waals surface area contributed by atoms with E-state index in [4.69, 9.17) is 5.11 Å². The standard InChI is InChI=1S/C14H19NO2/c1-3-15-9-10(2)12-8-11(4-6-13(12)15)5-7-14(16)17/h4,6,8,10H,3,5,7,9H2,1-2H3,(H,16,17). The lowest BCUT2D eigenvalue weighted by Gasteiger charge is -2.16. The predicted molar refractivity (Wildman–Crippen MR) is 68.7 cm³/mol. The van der Waals surface area contributed by atoms with Gasteiger partial charge >= 0.3 is 5.97 Å². The van der Waals surface area contributed by atoms with Crippen LogP contribution in [-0.4, -0.2) is 24.2 Å². The maximum absolute atomic E-state index is 10.6. The molecule has 0 aromatic heterocycles. The van der Waals surface area contributed by atoms with Gasteiger partial charge in [0.1, 0.15) is 0 Å². The molecule has 1 aliphatic rings. The Morgan fingerprint density at radius 1 is 1.53 bits per heavy atom. The molecular formula is C14H19NO2. The summed E-state index contributed by atoms with van der Waals surface area (Å²) in [5.74, 6) is -0.177. The van der Waals surface area contributed by atoms with Gasteiger partial charge in [-0.15, -0.1) is 0 Å². The average molecular weight is 233 g/mol. The van der Waals surface area contributed by atoms with Crippen molar-refractivity contribution < 1.29 is 9.90 Å². The summed E-state index contributed by atoms with van der Waals surface area (Å²) in [6, 6.07) is 6.38. The minimum absolute atomic E-state index is 0.213. The van der Waals surface area contributed by atoms with Crippen LogP contribution in [-0.2, 0) is 11.2 Å². The van der Waals surface area contributed by atoms with Crippen LogP contribution in [0.25, 0.3) is 0 Å². The van der Waals surface area contributed by atoms with Crippen molar-refractivity contribution >= 4 is 11.7 Å². The molecule has 0 radical (unpaired) electrons. The fourth-order valence-corrected chi connectivity index (χ4v) is 2.52. The Labute approximate surface area is 102 Å². The van der Waals surface area contributed by atoms with Gasteiger partial charge in [-0.05, 0) is 30.5 Å². The highest BCUT2D eigenvalue weighted by atomic mass is 16.4. The van der Waals surface area contributed by atoms with Gasteiger partial charge in [-0.1, -0.05) is 19.1 Å². The molecule has 1 aliphatic heterocycles. The third-order valence-electron chi connectivity index (χ3n) is 3.47. The molecule has 3 heteroatoms. The lowest BCUT2D eigenvalue weighted by Crippen LogP contribution is -2.20. The number of anilines is 1. The predicted octanol–water partition coefficient (Wildman–Crippen LogP) is 2.65. The number of carboxylic acids is 1. The number of likely N-dealkylation sites (N-methyl/N-ethyl adjacent to an activating group) is 1. The molecule has 1 aromatic carbocycles. The van der Waals surface area contributed by atoms with Crippen molar-refractivity contribution in [2.24, 2.45) is 0 Å². The zero-order chi connectivity index (χ0) is 12.4. The number of rotatable bonds is 4. The molecule has 1 atom stereocenters. The van der Waals surface area contributed by atoms with Crippen LogP contribution in [0.15, 0.2) is 18.2 Å². The molecule has 0 bridgehead atoms. The monoisotopic (exact) mass is 233 g/mol. The van der Waals surface area contributed by atoms with Crippen molar-refractivity contribution in [3.05, 3.63) is 29.3 Å². The van der Waals surface area contributed by atoms with Crippen molar-refractivity contribution in [2.45, 2.75) is 32.6 Å². The zero-order valence-electron chi connectivity index (χ0n) is 10.4. The largest absolute Gasteiger partial charge is 0.481 e. The van der Waals surface area contributed by atoms with Crippen LogP contribution >= 0.6 is 0 Å². The van der Waals surface area contributed by atoms with E-state index in [1.807, 2.05) is 0 Å². The molecule has 1 N–H and O–H groups in total. The molecule has 0 amide bonds. The highest BCUT2D eigenvalue weighted by Gasteiger charge is 2.24. The van der Waals surface area contributed by atoms with Gasteiger partial charge in [-0.25, -0.2) is 0 Å². The van der Waals surface area contributed by atoms with Crippen LogP contribution in [0, 0.1) is 0 Å². The van der Waals surface area contributed by atoms with E-state index in [9.17, 15) is 4.79 Å². The highest BCUT2D eigenvalue weighted by Crippen LogP contribution is 2.36. The number of fused-ring (bicyclic) bond motifs is 1. The van der Waals surface area contributed by atoms with Gasteiger partial charge in [-0.2, -0.15) is 0 Å². The van der Waals surface area contributed by atoms with Crippen molar-refractivity contribution in [2.75, 3.05) is 18.0 Å². The van der Waals surface area contributed by atoms with E-state index >= 15 is 0 Å². The van der Waals surface area contributed by atoms with Crippen molar-refractivity contribution in [1.82, 2.24) is 0 Å². The lowest BCUT2D eigenvalue weighted by molar-refractivity contribution is -0.136. The molecule has 2 rings (SSSR count). The Morgan fingerprint density at radius 3 is 2.94 bits per heavy atom. The number of benzene rings is 1. The topological polar surface area (TPSA) is 40.5 Å². The maximum Gasteiger partial charge on any atom is 0.303 e. The summed E-state index contributed by atoms with van der Waals surface area (Å²) in [6.07, 6.45) is 0.839. The second-order valence-electron chi connectivity index (χ2n) is 4.73. The van der Waals surface area contributed by atoms with E-state index in [2.05, 4.69) is 36.9 Å². The number of hydrogen-bond acceptors (Lipinski definition) is 2. The lowest BCUT2D eigenvalue weighted by atomic mass is 9.99. The molecule has 0 saturated heterocycles. The van der Waals surface area contributed by atoms with Crippen molar-refractivity contribution in [1.29, 1.82) is 0 Å². The highest BCUT2D eigenvalue weighted by molar-refractivity contribution is 5.67. The van der Waals surface area contributed by atoms with Crippen molar-refractivity contribution in [3.8, 4) is 0 Å². The summed E-state index contributed by atoms with van der Waals surface area (Å²) in [4.78, 5) is 12.9. The number of carbonyl (C=O) groups is 1. The molecular weight excluding hydrogens is 214 g/mol. The van der Waals surface area contributed by atoms with Crippen LogP contribution in [0.4, 0.5) is 5.69 Å². The summed E-state index contributed by atoms with van der Waals surface area (Å²) in [7, 11) is 0. The van der Waals surface area contributed by atoms with Crippen LogP contribution in [0.5, 0.6) is 0 Å². The molecule has 0 saturated carbocycles. The van der Waals surface area contributed by atoms with Crippen molar-refractivity contribution in [3.63, 3.8) is 0 Å². The molecule has 0 spiro atoms. The Kier molecular flexibility index (Phi) is 3.36. The molecule has 1 aromatic rings. The van der Waals surface area contributed by atoms with E-state index in [1.54, 1.807) is 0 Å². The molecule has 1 heterocycles. The second kappa shape index (κ2) is 4.78. The van der Waals surface area contributed by atoms with Gasteiger partial charge in [0.15, 0.2) is 0 Å². The number of hydrogen-bond donors (Lipinski definition) is 1. The van der Waals surface area contributed by atoms with Crippen LogP contribution in [0.1, 0.15) is 37.3 Å². The Bertz CT molecular complexity index is 428. The number of carboxylic acid groups (broad SMARTS) is 1. The number of aliphatic carboxylic acids is 1. The number of nitrogens with zero attached hydrogens (tertiary/aromatic N) is 1. The summed E-state index contributed by atoms with van der Waals surface area (Å²) in [5.41, 5.74) is 3.82. The fourth-order valence-electron chi connectivity index (χ4n) is 2.52. The first-order valence-corrected chi connectivity index (χ1v) is 6.21. The van der Waals surface area contributed by atoms with Crippen LogP contribution in [0.2, 0.25) is 0 Å². The van der Waals surface area contributed by atoms with Crippen LogP contribution in [0.3, 0.4) is 0 Å². The minimum atomic E-state index is -0.728. The fraction of sp³-hybridized carbons (Fsp3) is 0.500. The SMILES string of the molecule is CCN1CC(C)c2cc(CCC(=O)O)ccc21. The van der Waals surface area contributed by atoms with Gasteiger partial charge in [0.25, 0.3) is 0 Å². The second-order valence-corrected chi connectivity index (χ2v) is 4.73. The summed E-state index contributed by atoms with van der Waals surface area (Å²) in [5, 5.41) is 8.69. The Hall–Kier alpha value is -1.51. The van der Waals surface area contributed by atoms with Gasteiger partial charge in [-0.3, -0.25) is 4.79 Å². The molecule has 92 valence electrons. The van der Waals surface area contributed by atoms with E-state index in [-0.39, 0.29) is 6.42 Å². The Balaban J connectivity index is 2.19. The summed E-state index contributed by atoms with van der Waals surface area (Å²) < 4.78 is 0. The first kappa shape index (κ1) is 12.0. The first-order chi connectivity index (χ1) is 8.11. The summed E-state index contributed by atoms with van der Waals surface area (Å²) in [6.45, 7) is 6.51. The summed E-state index contributed by atoms with van der Waals surface area (Å²) >= 11 is 0.